The minimum Gasteiger partial charge on any atom is -0.483 e. The molecular formula is C25H27ClN2O3. The second-order valence-corrected chi connectivity index (χ2v) is 8.13. The number of carbonyl (C=O) groups is 2. The number of hydrogen-bond donors (Lipinski definition) is 1. The van der Waals surface area contributed by atoms with Crippen LogP contribution in [0.2, 0.25) is 5.02 Å². The quantitative estimate of drug-likeness (QED) is 0.548. The summed E-state index contributed by atoms with van der Waals surface area (Å²) in [7, 11) is 0. The van der Waals surface area contributed by atoms with Crippen LogP contribution in [0.1, 0.15) is 26.3 Å². The molecule has 3 rings (SSSR count). The molecule has 1 atom stereocenters. The first-order chi connectivity index (χ1) is 14.9. The van der Waals surface area contributed by atoms with Gasteiger partial charge in [0.05, 0.1) is 0 Å². The molecule has 0 fully saturated rings. The van der Waals surface area contributed by atoms with Gasteiger partial charge < -0.3 is 15.0 Å². The average Bonchev–Trinajstić information content (AvgIpc) is 2.76. The Morgan fingerprint density at radius 2 is 1.65 bits per heavy atom. The van der Waals surface area contributed by atoms with E-state index < -0.39 is 6.04 Å². The van der Waals surface area contributed by atoms with Gasteiger partial charge in [-0.15, -0.1) is 0 Å². The van der Waals surface area contributed by atoms with Crippen molar-refractivity contribution in [2.75, 3.05) is 6.61 Å². The van der Waals surface area contributed by atoms with Gasteiger partial charge in [-0.25, -0.2) is 0 Å². The number of hydrogen-bond acceptors (Lipinski definition) is 3. The van der Waals surface area contributed by atoms with Crippen LogP contribution in [0.3, 0.4) is 0 Å². The predicted octanol–water partition coefficient (Wildman–Crippen LogP) is 4.81. The van der Waals surface area contributed by atoms with E-state index in [0.717, 1.165) is 16.3 Å². The summed E-state index contributed by atoms with van der Waals surface area (Å²) in [5, 5.41) is 5.38. The number of nitrogens with zero attached hydrogens (tertiary/aromatic N) is 1. The Balaban J connectivity index is 1.81. The Bertz CT molecular complexity index is 1060. The molecule has 0 heterocycles. The molecule has 0 aliphatic rings. The van der Waals surface area contributed by atoms with Crippen LogP contribution in [0.4, 0.5) is 0 Å². The molecular weight excluding hydrogens is 412 g/mol. The summed E-state index contributed by atoms with van der Waals surface area (Å²) in [4.78, 5) is 27.3. The molecule has 0 saturated carbocycles. The zero-order chi connectivity index (χ0) is 22.4. The van der Waals surface area contributed by atoms with Gasteiger partial charge in [-0.2, -0.15) is 0 Å². The fourth-order valence-corrected chi connectivity index (χ4v) is 3.54. The lowest BCUT2D eigenvalue weighted by molar-refractivity contribution is -0.142. The summed E-state index contributed by atoms with van der Waals surface area (Å²) in [6.45, 7) is 5.51. The van der Waals surface area contributed by atoms with Crippen LogP contribution in [-0.2, 0) is 16.1 Å². The molecule has 0 aliphatic heterocycles. The van der Waals surface area contributed by atoms with Gasteiger partial charge in [0.15, 0.2) is 6.61 Å². The molecule has 0 unspecified atom stereocenters. The summed E-state index contributed by atoms with van der Waals surface area (Å²) < 4.78 is 5.89. The van der Waals surface area contributed by atoms with Crippen molar-refractivity contribution < 1.29 is 14.3 Å². The van der Waals surface area contributed by atoms with E-state index in [1.165, 1.54) is 4.90 Å². The van der Waals surface area contributed by atoms with Crippen LogP contribution in [0, 0.1) is 0 Å². The first kappa shape index (κ1) is 22.6. The lowest BCUT2D eigenvalue weighted by Gasteiger charge is -2.29. The number of carbonyl (C=O) groups excluding carboxylic acids is 2. The Hall–Kier alpha value is -3.05. The Morgan fingerprint density at radius 3 is 2.39 bits per heavy atom. The highest BCUT2D eigenvalue weighted by atomic mass is 35.5. The number of rotatable bonds is 8. The number of ether oxygens (including phenoxy) is 1. The first-order valence-corrected chi connectivity index (χ1v) is 10.7. The van der Waals surface area contributed by atoms with Crippen molar-refractivity contribution in [2.24, 2.45) is 0 Å². The van der Waals surface area contributed by atoms with Gasteiger partial charge in [-0.05, 0) is 43.9 Å². The van der Waals surface area contributed by atoms with Gasteiger partial charge in [-0.3, -0.25) is 9.59 Å². The molecule has 0 aliphatic carbocycles. The molecule has 0 spiro atoms. The number of benzene rings is 3. The van der Waals surface area contributed by atoms with E-state index in [9.17, 15) is 9.59 Å². The van der Waals surface area contributed by atoms with E-state index in [0.29, 0.717) is 10.8 Å². The molecule has 2 amide bonds. The van der Waals surface area contributed by atoms with Crippen molar-refractivity contribution in [2.45, 2.75) is 39.4 Å². The number of fused-ring (bicyclic) bond motifs is 1. The monoisotopic (exact) mass is 438 g/mol. The van der Waals surface area contributed by atoms with E-state index in [2.05, 4.69) is 5.32 Å². The number of nitrogens with one attached hydrogen (secondary N) is 1. The van der Waals surface area contributed by atoms with Crippen molar-refractivity contribution in [3.8, 4) is 5.75 Å². The molecule has 31 heavy (non-hydrogen) atoms. The van der Waals surface area contributed by atoms with Crippen LogP contribution in [-0.4, -0.2) is 35.4 Å². The van der Waals surface area contributed by atoms with E-state index in [4.69, 9.17) is 16.3 Å². The standard InChI is InChI=1S/C25H27ClN2O3/c1-17(2)27-25(30)18(3)28(15-20-10-5-7-13-22(20)26)24(29)16-31-23-14-8-11-19-9-4-6-12-21(19)23/h4-14,17-18H,15-16H2,1-3H3,(H,27,30)/t18-/m1/s1. The molecule has 0 radical (unpaired) electrons. The van der Waals surface area contributed by atoms with Crippen molar-refractivity contribution >= 4 is 34.2 Å². The fraction of sp³-hybridized carbons (Fsp3) is 0.280. The highest BCUT2D eigenvalue weighted by Crippen LogP contribution is 2.25. The van der Waals surface area contributed by atoms with E-state index in [-0.39, 0.29) is 31.0 Å². The third-order valence-corrected chi connectivity index (χ3v) is 5.37. The van der Waals surface area contributed by atoms with Crippen molar-refractivity contribution in [3.63, 3.8) is 0 Å². The Labute approximate surface area is 188 Å². The molecule has 5 nitrogen and oxygen atoms in total. The lowest BCUT2D eigenvalue weighted by atomic mass is 10.1. The third kappa shape index (κ3) is 5.76. The zero-order valence-corrected chi connectivity index (χ0v) is 18.7. The molecule has 1 N–H and O–H groups in total. The summed E-state index contributed by atoms with van der Waals surface area (Å²) in [6.07, 6.45) is 0. The normalized spacial score (nSPS) is 11.9. The second-order valence-electron chi connectivity index (χ2n) is 7.72. The van der Waals surface area contributed by atoms with Crippen molar-refractivity contribution in [1.82, 2.24) is 10.2 Å². The maximum Gasteiger partial charge on any atom is 0.261 e. The van der Waals surface area contributed by atoms with Crippen LogP contribution in [0.15, 0.2) is 66.7 Å². The highest BCUT2D eigenvalue weighted by Gasteiger charge is 2.27. The summed E-state index contributed by atoms with van der Waals surface area (Å²) in [5.41, 5.74) is 0.770. The average molecular weight is 439 g/mol. The summed E-state index contributed by atoms with van der Waals surface area (Å²) >= 11 is 6.31. The maximum atomic E-state index is 13.2. The van der Waals surface area contributed by atoms with Gasteiger partial charge in [0.1, 0.15) is 11.8 Å². The number of halogens is 1. The summed E-state index contributed by atoms with van der Waals surface area (Å²) in [5.74, 6) is 0.114. The van der Waals surface area contributed by atoms with Crippen LogP contribution < -0.4 is 10.1 Å². The van der Waals surface area contributed by atoms with Gasteiger partial charge >= 0.3 is 0 Å². The molecule has 3 aromatic rings. The Kier molecular flexibility index (Phi) is 7.53. The van der Waals surface area contributed by atoms with Gasteiger partial charge in [0, 0.05) is 23.0 Å². The van der Waals surface area contributed by atoms with Crippen LogP contribution in [0.5, 0.6) is 5.75 Å². The summed E-state index contributed by atoms with van der Waals surface area (Å²) in [6, 6.07) is 20.1. The minimum atomic E-state index is -0.678. The largest absolute Gasteiger partial charge is 0.483 e. The lowest BCUT2D eigenvalue weighted by Crippen LogP contribution is -2.50. The van der Waals surface area contributed by atoms with Gasteiger partial charge in [0.25, 0.3) is 5.91 Å². The van der Waals surface area contributed by atoms with Crippen molar-refractivity contribution in [1.29, 1.82) is 0 Å². The molecule has 0 saturated heterocycles. The molecule has 162 valence electrons. The third-order valence-electron chi connectivity index (χ3n) is 5.00. The maximum absolute atomic E-state index is 13.2. The highest BCUT2D eigenvalue weighted by molar-refractivity contribution is 6.31. The molecule has 0 bridgehead atoms. The van der Waals surface area contributed by atoms with Crippen molar-refractivity contribution in [3.05, 3.63) is 77.3 Å². The Morgan fingerprint density at radius 1 is 0.968 bits per heavy atom. The van der Waals surface area contributed by atoms with Gasteiger partial charge in [0.2, 0.25) is 5.91 Å². The minimum absolute atomic E-state index is 0.0286. The van der Waals surface area contributed by atoms with Gasteiger partial charge in [-0.1, -0.05) is 66.2 Å². The fourth-order valence-electron chi connectivity index (χ4n) is 3.34. The van der Waals surface area contributed by atoms with Crippen LogP contribution >= 0.6 is 11.6 Å². The second kappa shape index (κ2) is 10.3. The van der Waals surface area contributed by atoms with E-state index in [1.807, 2.05) is 74.5 Å². The molecule has 3 aromatic carbocycles. The molecule has 6 heteroatoms. The smallest absolute Gasteiger partial charge is 0.261 e. The van der Waals surface area contributed by atoms with E-state index in [1.54, 1.807) is 13.0 Å². The SMILES string of the molecule is CC(C)NC(=O)[C@@H](C)N(Cc1ccccc1Cl)C(=O)COc1cccc2ccccc12. The predicted molar refractivity (Wildman–Crippen MR) is 124 cm³/mol. The topological polar surface area (TPSA) is 58.6 Å². The van der Waals surface area contributed by atoms with E-state index >= 15 is 0 Å². The zero-order valence-electron chi connectivity index (χ0n) is 18.0. The number of amides is 2. The molecule has 0 aromatic heterocycles. The van der Waals surface area contributed by atoms with Crippen LogP contribution in [0.25, 0.3) is 10.8 Å². The first-order valence-electron chi connectivity index (χ1n) is 10.3.